The molecule has 1 saturated carbocycles. The van der Waals surface area contributed by atoms with Crippen LogP contribution in [0.4, 0.5) is 8.78 Å². The number of halogens is 2. The molecule has 0 spiro atoms. The summed E-state index contributed by atoms with van der Waals surface area (Å²) in [7, 11) is 1.84. The Morgan fingerprint density at radius 2 is 2.00 bits per heavy atom. The summed E-state index contributed by atoms with van der Waals surface area (Å²) in [5.74, 6) is 1.07. The highest BCUT2D eigenvalue weighted by atomic mass is 19.1. The molecule has 1 aliphatic carbocycles. The van der Waals surface area contributed by atoms with Crippen LogP contribution >= 0.6 is 0 Å². The van der Waals surface area contributed by atoms with Crippen molar-refractivity contribution in [3.63, 3.8) is 0 Å². The molecule has 0 bridgehead atoms. The van der Waals surface area contributed by atoms with Crippen molar-refractivity contribution in [2.75, 3.05) is 0 Å². The lowest BCUT2D eigenvalue weighted by atomic mass is 10.1. The number of hydrogen-bond donors (Lipinski definition) is 1. The Morgan fingerprint density at radius 3 is 2.62 bits per heavy atom. The van der Waals surface area contributed by atoms with Gasteiger partial charge in [0, 0.05) is 24.6 Å². The van der Waals surface area contributed by atoms with Crippen molar-refractivity contribution in [2.45, 2.75) is 38.3 Å². The average molecular weight is 292 g/mol. The topological polar surface area (TPSA) is 42.7 Å². The zero-order chi connectivity index (χ0) is 15.0. The van der Waals surface area contributed by atoms with Crippen LogP contribution in [-0.2, 0) is 13.6 Å². The predicted molar refractivity (Wildman–Crippen MR) is 74.6 cm³/mol. The molecular formula is C15H18F2N4. The number of aromatic nitrogens is 3. The molecule has 6 heteroatoms. The first-order valence-corrected chi connectivity index (χ1v) is 7.13. The van der Waals surface area contributed by atoms with Gasteiger partial charge in [-0.25, -0.2) is 13.8 Å². The summed E-state index contributed by atoms with van der Waals surface area (Å²) in [5, 5.41) is 7.48. The molecule has 3 rings (SSSR count). The van der Waals surface area contributed by atoms with Crippen LogP contribution in [0.15, 0.2) is 18.2 Å². The fourth-order valence-electron chi connectivity index (χ4n) is 2.38. The second-order valence-electron chi connectivity index (χ2n) is 5.52. The molecule has 0 radical (unpaired) electrons. The third kappa shape index (κ3) is 2.95. The van der Waals surface area contributed by atoms with Gasteiger partial charge in [-0.15, -0.1) is 0 Å². The van der Waals surface area contributed by atoms with Gasteiger partial charge in [0.1, 0.15) is 17.5 Å². The molecule has 1 heterocycles. The molecule has 112 valence electrons. The molecule has 2 aromatic rings. The van der Waals surface area contributed by atoms with Gasteiger partial charge < -0.3 is 5.32 Å². The van der Waals surface area contributed by atoms with E-state index in [0.29, 0.717) is 12.5 Å². The minimum absolute atomic E-state index is 0.0575. The molecule has 1 aliphatic rings. The van der Waals surface area contributed by atoms with Crippen LogP contribution in [0.5, 0.6) is 0 Å². The minimum Gasteiger partial charge on any atom is -0.303 e. The molecule has 0 aliphatic heterocycles. The van der Waals surface area contributed by atoms with Gasteiger partial charge in [-0.1, -0.05) is 6.07 Å². The number of hydrogen-bond acceptors (Lipinski definition) is 3. The van der Waals surface area contributed by atoms with Crippen LogP contribution in [0.3, 0.4) is 0 Å². The molecule has 1 atom stereocenters. The van der Waals surface area contributed by atoms with Crippen LogP contribution in [0.25, 0.3) is 0 Å². The molecular weight excluding hydrogens is 274 g/mol. The Labute approximate surface area is 122 Å². The van der Waals surface area contributed by atoms with E-state index in [2.05, 4.69) is 15.4 Å². The van der Waals surface area contributed by atoms with Crippen LogP contribution < -0.4 is 5.32 Å². The third-order valence-electron chi connectivity index (χ3n) is 3.81. The molecule has 1 N–H and O–H groups in total. The Bertz CT molecular complexity index is 629. The molecule has 0 saturated heterocycles. The first-order chi connectivity index (χ1) is 10.1. The molecule has 1 aromatic heterocycles. The smallest absolute Gasteiger partial charge is 0.154 e. The minimum atomic E-state index is -0.536. The number of nitrogens with one attached hydrogen (secondary N) is 1. The molecule has 21 heavy (non-hydrogen) atoms. The summed E-state index contributed by atoms with van der Waals surface area (Å²) in [6.45, 7) is 2.16. The lowest BCUT2D eigenvalue weighted by Crippen LogP contribution is -2.22. The Morgan fingerprint density at radius 1 is 1.33 bits per heavy atom. The van der Waals surface area contributed by atoms with Crippen molar-refractivity contribution < 1.29 is 8.78 Å². The van der Waals surface area contributed by atoms with Crippen LogP contribution in [0, 0.1) is 11.6 Å². The summed E-state index contributed by atoms with van der Waals surface area (Å²) < 4.78 is 29.1. The second kappa shape index (κ2) is 5.52. The zero-order valence-corrected chi connectivity index (χ0v) is 12.1. The fourth-order valence-corrected chi connectivity index (χ4v) is 2.38. The zero-order valence-electron chi connectivity index (χ0n) is 12.1. The highest BCUT2D eigenvalue weighted by Crippen LogP contribution is 2.38. The highest BCUT2D eigenvalue weighted by Gasteiger charge is 2.28. The summed E-state index contributed by atoms with van der Waals surface area (Å²) in [5.41, 5.74) is 0.0575. The van der Waals surface area contributed by atoms with Crippen molar-refractivity contribution in [3.8, 4) is 0 Å². The van der Waals surface area contributed by atoms with Gasteiger partial charge in [0.05, 0.1) is 6.54 Å². The average Bonchev–Trinajstić information content (AvgIpc) is 3.21. The van der Waals surface area contributed by atoms with Gasteiger partial charge in [-0.2, -0.15) is 5.10 Å². The molecule has 1 fully saturated rings. The van der Waals surface area contributed by atoms with Crippen LogP contribution in [-0.4, -0.2) is 14.8 Å². The van der Waals surface area contributed by atoms with E-state index in [1.54, 1.807) is 11.6 Å². The second-order valence-corrected chi connectivity index (χ2v) is 5.52. The number of rotatable bonds is 5. The SMILES string of the molecule is CC(NCc1nc(C2CC2)nn1C)c1c(F)cccc1F. The first-order valence-electron chi connectivity index (χ1n) is 7.13. The first kappa shape index (κ1) is 14.1. The van der Waals surface area contributed by atoms with E-state index in [0.717, 1.165) is 24.5 Å². The van der Waals surface area contributed by atoms with Gasteiger partial charge in [-0.3, -0.25) is 4.68 Å². The summed E-state index contributed by atoms with van der Waals surface area (Å²) >= 11 is 0. The Balaban J connectivity index is 1.69. The van der Waals surface area contributed by atoms with E-state index in [9.17, 15) is 8.78 Å². The Kier molecular flexibility index (Phi) is 3.71. The van der Waals surface area contributed by atoms with Gasteiger partial charge in [0.2, 0.25) is 0 Å². The van der Waals surface area contributed by atoms with Gasteiger partial charge >= 0.3 is 0 Å². The summed E-state index contributed by atoms with van der Waals surface area (Å²) in [6.07, 6.45) is 2.29. The van der Waals surface area contributed by atoms with E-state index >= 15 is 0 Å². The van der Waals surface area contributed by atoms with Crippen molar-refractivity contribution >= 4 is 0 Å². The van der Waals surface area contributed by atoms with Crippen molar-refractivity contribution in [1.82, 2.24) is 20.1 Å². The van der Waals surface area contributed by atoms with Crippen molar-refractivity contribution in [3.05, 3.63) is 47.0 Å². The third-order valence-corrected chi connectivity index (χ3v) is 3.81. The van der Waals surface area contributed by atoms with E-state index in [1.165, 1.54) is 18.2 Å². The highest BCUT2D eigenvalue weighted by molar-refractivity contribution is 5.22. The molecule has 1 unspecified atom stereocenters. The molecule has 1 aromatic carbocycles. The summed E-state index contributed by atoms with van der Waals surface area (Å²) in [6, 6.07) is 3.46. The van der Waals surface area contributed by atoms with E-state index in [-0.39, 0.29) is 5.56 Å². The lowest BCUT2D eigenvalue weighted by Gasteiger charge is -2.15. The number of benzene rings is 1. The monoisotopic (exact) mass is 292 g/mol. The normalized spacial score (nSPS) is 16.2. The predicted octanol–water partition coefficient (Wildman–Crippen LogP) is 2.82. The van der Waals surface area contributed by atoms with Gasteiger partial charge in [0.15, 0.2) is 5.82 Å². The quantitative estimate of drug-likeness (QED) is 0.921. The van der Waals surface area contributed by atoms with Gasteiger partial charge in [-0.05, 0) is 31.9 Å². The van der Waals surface area contributed by atoms with E-state index in [1.807, 2.05) is 7.05 Å². The maximum absolute atomic E-state index is 13.7. The van der Waals surface area contributed by atoms with Crippen molar-refractivity contribution in [1.29, 1.82) is 0 Å². The standard InChI is InChI=1S/C15H18F2N4/c1-9(14-11(16)4-3-5-12(14)17)18-8-13-19-15(10-6-7-10)20-21(13)2/h3-5,9-10,18H,6-8H2,1-2H3. The number of aryl methyl sites for hydroxylation is 1. The van der Waals surface area contributed by atoms with E-state index < -0.39 is 17.7 Å². The number of nitrogens with zero attached hydrogens (tertiary/aromatic N) is 3. The maximum atomic E-state index is 13.7. The van der Waals surface area contributed by atoms with Gasteiger partial charge in [0.25, 0.3) is 0 Å². The molecule has 0 amide bonds. The van der Waals surface area contributed by atoms with Crippen molar-refractivity contribution in [2.24, 2.45) is 7.05 Å². The molecule has 4 nitrogen and oxygen atoms in total. The largest absolute Gasteiger partial charge is 0.303 e. The lowest BCUT2D eigenvalue weighted by molar-refractivity contribution is 0.477. The maximum Gasteiger partial charge on any atom is 0.154 e. The fraction of sp³-hybridized carbons (Fsp3) is 0.467. The van der Waals surface area contributed by atoms with E-state index in [4.69, 9.17) is 0 Å². The Hall–Kier alpha value is -1.82. The van der Waals surface area contributed by atoms with Crippen LogP contribution in [0.1, 0.15) is 48.9 Å². The summed E-state index contributed by atoms with van der Waals surface area (Å²) in [4.78, 5) is 4.48. The van der Waals surface area contributed by atoms with Crippen LogP contribution in [0.2, 0.25) is 0 Å².